The maximum absolute atomic E-state index is 12.4. The summed E-state index contributed by atoms with van der Waals surface area (Å²) >= 11 is 0. The summed E-state index contributed by atoms with van der Waals surface area (Å²) in [7, 11) is 0. The molecule has 24 heavy (non-hydrogen) atoms. The number of carbonyl (C=O) groups is 1. The number of ether oxygens (including phenoxy) is 1. The third kappa shape index (κ3) is 4.22. The summed E-state index contributed by atoms with van der Waals surface area (Å²) in [5.41, 5.74) is 1.81. The highest BCUT2D eigenvalue weighted by Gasteiger charge is 2.28. The molecule has 2 aromatic rings. The fourth-order valence-electron chi connectivity index (χ4n) is 2.98. The van der Waals surface area contributed by atoms with E-state index in [4.69, 9.17) is 4.74 Å². The van der Waals surface area contributed by atoms with E-state index in [2.05, 4.69) is 12.1 Å². The molecule has 2 aromatic carbocycles. The Morgan fingerprint density at radius 1 is 1.04 bits per heavy atom. The molecular formula is C20H23NO3. The molecule has 1 fully saturated rings. The van der Waals surface area contributed by atoms with Crippen molar-refractivity contribution < 1.29 is 14.6 Å². The highest BCUT2D eigenvalue weighted by molar-refractivity contribution is 5.82. The van der Waals surface area contributed by atoms with Crippen LogP contribution >= 0.6 is 0 Å². The summed E-state index contributed by atoms with van der Waals surface area (Å²) < 4.78 is 5.94. The Morgan fingerprint density at radius 2 is 1.62 bits per heavy atom. The van der Waals surface area contributed by atoms with Crippen LogP contribution in [0.25, 0.3) is 0 Å². The minimum atomic E-state index is -1.08. The number of aliphatic hydroxyl groups excluding tert-OH is 1. The van der Waals surface area contributed by atoms with E-state index in [1.165, 1.54) is 0 Å². The first-order valence-corrected chi connectivity index (χ1v) is 8.41. The minimum Gasteiger partial charge on any atom is -0.378 e. The molecule has 1 N–H and O–H groups in total. The summed E-state index contributed by atoms with van der Waals surface area (Å²) in [5.74, 6) is -0.220. The van der Waals surface area contributed by atoms with E-state index < -0.39 is 6.10 Å². The fourth-order valence-corrected chi connectivity index (χ4v) is 2.98. The van der Waals surface area contributed by atoms with E-state index in [1.807, 2.05) is 36.4 Å². The number of amides is 1. The first-order valence-electron chi connectivity index (χ1n) is 8.41. The van der Waals surface area contributed by atoms with Gasteiger partial charge >= 0.3 is 0 Å². The number of likely N-dealkylation sites (tertiary alicyclic amines) is 1. The number of piperidine rings is 1. The molecule has 0 spiro atoms. The Kier molecular flexibility index (Phi) is 5.62. The van der Waals surface area contributed by atoms with Crippen LogP contribution in [0.15, 0.2) is 60.7 Å². The Bertz CT molecular complexity index is 636. The number of hydrogen-bond donors (Lipinski definition) is 1. The van der Waals surface area contributed by atoms with E-state index in [9.17, 15) is 9.90 Å². The second-order valence-electron chi connectivity index (χ2n) is 6.13. The maximum atomic E-state index is 12.4. The van der Waals surface area contributed by atoms with Gasteiger partial charge in [-0.25, -0.2) is 0 Å². The van der Waals surface area contributed by atoms with Crippen molar-refractivity contribution in [3.63, 3.8) is 0 Å². The summed E-state index contributed by atoms with van der Waals surface area (Å²) in [6.07, 6.45) is 0.705. The molecule has 4 heteroatoms. The predicted octanol–water partition coefficient (Wildman–Crippen LogP) is 2.93. The highest BCUT2D eigenvalue weighted by atomic mass is 16.5. The third-order valence-electron chi connectivity index (χ3n) is 4.43. The summed E-state index contributed by atoms with van der Waals surface area (Å²) in [5, 5.41) is 10.2. The van der Waals surface area contributed by atoms with E-state index >= 15 is 0 Å². The van der Waals surface area contributed by atoms with Crippen LogP contribution in [0, 0.1) is 0 Å². The van der Waals surface area contributed by atoms with Gasteiger partial charge in [0.15, 0.2) is 6.10 Å². The zero-order chi connectivity index (χ0) is 16.8. The van der Waals surface area contributed by atoms with Gasteiger partial charge < -0.3 is 14.7 Å². The molecule has 0 aliphatic carbocycles. The summed E-state index contributed by atoms with van der Waals surface area (Å²) in [6.45, 7) is 1.86. The molecule has 0 aromatic heterocycles. The number of aliphatic hydroxyl groups is 1. The van der Waals surface area contributed by atoms with E-state index in [0.29, 0.717) is 25.3 Å². The quantitative estimate of drug-likeness (QED) is 0.919. The van der Waals surface area contributed by atoms with Crippen molar-refractivity contribution in [2.24, 2.45) is 0 Å². The largest absolute Gasteiger partial charge is 0.378 e. The normalized spacial score (nSPS) is 16.8. The molecule has 4 nitrogen and oxygen atoms in total. The van der Waals surface area contributed by atoms with Crippen LogP contribution in [0.5, 0.6) is 0 Å². The van der Waals surface area contributed by atoms with Crippen molar-refractivity contribution in [3.8, 4) is 0 Å². The molecule has 1 aliphatic rings. The number of carbonyl (C=O) groups excluding carboxylic acids is 1. The molecule has 0 bridgehead atoms. The van der Waals surface area contributed by atoms with Gasteiger partial charge in [0.25, 0.3) is 5.91 Å². The van der Waals surface area contributed by atoms with E-state index in [0.717, 1.165) is 18.4 Å². The van der Waals surface area contributed by atoms with Crippen molar-refractivity contribution in [3.05, 3.63) is 71.8 Å². The van der Waals surface area contributed by atoms with Gasteiger partial charge in [-0.05, 0) is 24.0 Å². The predicted molar refractivity (Wildman–Crippen MR) is 92.2 cm³/mol. The van der Waals surface area contributed by atoms with Crippen LogP contribution in [-0.4, -0.2) is 35.1 Å². The molecule has 0 radical (unpaired) electrons. The SMILES string of the molecule is O=C(C(O)c1ccccc1)N1CCC(OCc2ccccc2)CC1. The lowest BCUT2D eigenvalue weighted by Gasteiger charge is -2.33. The second-order valence-corrected chi connectivity index (χ2v) is 6.13. The molecule has 1 amide bonds. The molecule has 3 rings (SSSR count). The van der Waals surface area contributed by atoms with Crippen molar-refractivity contribution in [2.45, 2.75) is 31.7 Å². The van der Waals surface area contributed by atoms with Crippen molar-refractivity contribution in [1.29, 1.82) is 0 Å². The van der Waals surface area contributed by atoms with Crippen LogP contribution < -0.4 is 0 Å². The van der Waals surface area contributed by atoms with Crippen LogP contribution in [0.3, 0.4) is 0 Å². The zero-order valence-corrected chi connectivity index (χ0v) is 13.7. The van der Waals surface area contributed by atoms with Gasteiger partial charge in [0.2, 0.25) is 0 Å². The van der Waals surface area contributed by atoms with Gasteiger partial charge in [0.05, 0.1) is 12.7 Å². The van der Waals surface area contributed by atoms with Crippen molar-refractivity contribution in [2.75, 3.05) is 13.1 Å². The second kappa shape index (κ2) is 8.08. The van der Waals surface area contributed by atoms with Gasteiger partial charge in [0.1, 0.15) is 0 Å². The van der Waals surface area contributed by atoms with Crippen LogP contribution in [0.1, 0.15) is 30.1 Å². The van der Waals surface area contributed by atoms with Gasteiger partial charge in [-0.2, -0.15) is 0 Å². The highest BCUT2D eigenvalue weighted by Crippen LogP contribution is 2.20. The average Bonchev–Trinajstić information content (AvgIpc) is 2.67. The number of benzene rings is 2. The maximum Gasteiger partial charge on any atom is 0.256 e. The molecule has 0 saturated carbocycles. The molecule has 126 valence electrons. The molecular weight excluding hydrogens is 302 g/mol. The van der Waals surface area contributed by atoms with E-state index in [1.54, 1.807) is 17.0 Å². The number of nitrogens with zero attached hydrogens (tertiary/aromatic N) is 1. The standard InChI is InChI=1S/C20H23NO3/c22-19(17-9-5-2-6-10-17)20(23)21-13-11-18(12-14-21)24-15-16-7-3-1-4-8-16/h1-10,18-19,22H,11-15H2. The molecule has 1 saturated heterocycles. The van der Waals surface area contributed by atoms with Crippen LogP contribution in [0.2, 0.25) is 0 Å². The smallest absolute Gasteiger partial charge is 0.256 e. The first-order chi connectivity index (χ1) is 11.7. The molecule has 1 unspecified atom stereocenters. The van der Waals surface area contributed by atoms with E-state index in [-0.39, 0.29) is 12.0 Å². The van der Waals surface area contributed by atoms with Gasteiger partial charge in [-0.3, -0.25) is 4.79 Å². The van der Waals surface area contributed by atoms with Gasteiger partial charge in [0, 0.05) is 13.1 Å². The Morgan fingerprint density at radius 3 is 2.25 bits per heavy atom. The minimum absolute atomic E-state index is 0.170. The van der Waals surface area contributed by atoms with Gasteiger partial charge in [-0.1, -0.05) is 60.7 Å². The third-order valence-corrected chi connectivity index (χ3v) is 4.43. The lowest BCUT2D eigenvalue weighted by molar-refractivity contribution is -0.143. The van der Waals surface area contributed by atoms with Crippen molar-refractivity contribution in [1.82, 2.24) is 4.90 Å². The van der Waals surface area contributed by atoms with Gasteiger partial charge in [-0.15, -0.1) is 0 Å². The summed E-state index contributed by atoms with van der Waals surface area (Å²) in [6, 6.07) is 19.2. The molecule has 1 aliphatic heterocycles. The van der Waals surface area contributed by atoms with Crippen LogP contribution in [-0.2, 0) is 16.1 Å². The average molecular weight is 325 g/mol. The number of rotatable bonds is 5. The topological polar surface area (TPSA) is 49.8 Å². The first kappa shape index (κ1) is 16.7. The molecule has 1 heterocycles. The number of hydrogen-bond acceptors (Lipinski definition) is 3. The Hall–Kier alpha value is -2.17. The summed E-state index contributed by atoms with van der Waals surface area (Å²) in [4.78, 5) is 14.2. The Balaban J connectivity index is 1.47. The fraction of sp³-hybridized carbons (Fsp3) is 0.350. The van der Waals surface area contributed by atoms with Crippen LogP contribution in [0.4, 0.5) is 0 Å². The van der Waals surface area contributed by atoms with Crippen molar-refractivity contribution >= 4 is 5.91 Å². The monoisotopic (exact) mass is 325 g/mol. The molecule has 1 atom stereocenters. The Labute approximate surface area is 142 Å². The lowest BCUT2D eigenvalue weighted by Crippen LogP contribution is -2.43. The zero-order valence-electron chi connectivity index (χ0n) is 13.7. The lowest BCUT2D eigenvalue weighted by atomic mass is 10.0.